The van der Waals surface area contributed by atoms with Crippen LogP contribution < -0.4 is 0 Å². The third-order valence-corrected chi connectivity index (χ3v) is 4.54. The summed E-state index contributed by atoms with van der Waals surface area (Å²) in [4.78, 5) is 19.2. The Bertz CT molecular complexity index is 1230. The predicted octanol–water partition coefficient (Wildman–Crippen LogP) is 6.46. The zero-order valence-electron chi connectivity index (χ0n) is 14.2. The molecule has 0 aliphatic carbocycles. The number of non-ortho nitro benzene ring substituents is 1. The van der Waals surface area contributed by atoms with Crippen LogP contribution in [-0.4, -0.2) is 16.1 Å². The molecular formula is C20H11Cl2N3O3. The Morgan fingerprint density at radius 2 is 1.93 bits per heavy atom. The molecule has 3 aromatic carbocycles. The number of nitrogens with zero attached hydrogens (tertiary/aromatic N) is 3. The van der Waals surface area contributed by atoms with Crippen molar-refractivity contribution in [3.05, 3.63) is 86.4 Å². The molecule has 1 aromatic heterocycles. The van der Waals surface area contributed by atoms with E-state index in [2.05, 4.69) is 9.98 Å². The Balaban J connectivity index is 1.66. The summed E-state index contributed by atoms with van der Waals surface area (Å²) in [6, 6.07) is 16.6. The molecule has 0 unspecified atom stereocenters. The molecule has 0 saturated heterocycles. The molecule has 0 fully saturated rings. The summed E-state index contributed by atoms with van der Waals surface area (Å²) in [6.45, 7) is 0. The van der Waals surface area contributed by atoms with Crippen LogP contribution >= 0.6 is 23.2 Å². The van der Waals surface area contributed by atoms with E-state index in [1.807, 2.05) is 0 Å². The van der Waals surface area contributed by atoms with E-state index in [9.17, 15) is 10.1 Å². The molecule has 0 aliphatic rings. The van der Waals surface area contributed by atoms with E-state index >= 15 is 0 Å². The van der Waals surface area contributed by atoms with Crippen LogP contribution in [0.3, 0.4) is 0 Å². The number of hydrogen-bond acceptors (Lipinski definition) is 5. The van der Waals surface area contributed by atoms with Gasteiger partial charge in [-0.25, -0.2) is 4.98 Å². The quantitative estimate of drug-likeness (QED) is 0.219. The highest BCUT2D eigenvalue weighted by molar-refractivity contribution is 6.35. The Hall–Kier alpha value is -3.22. The number of aliphatic imine (C=N–C) groups is 1. The van der Waals surface area contributed by atoms with Crippen LogP contribution in [0.2, 0.25) is 10.0 Å². The number of oxazole rings is 1. The second kappa shape index (κ2) is 7.42. The number of hydrogen-bond donors (Lipinski definition) is 0. The lowest BCUT2D eigenvalue weighted by molar-refractivity contribution is -0.384. The van der Waals surface area contributed by atoms with Gasteiger partial charge in [-0.05, 0) is 42.0 Å². The van der Waals surface area contributed by atoms with E-state index in [4.69, 9.17) is 27.6 Å². The zero-order chi connectivity index (χ0) is 19.7. The first-order chi connectivity index (χ1) is 13.5. The molecule has 4 rings (SSSR count). The maximum absolute atomic E-state index is 10.9. The summed E-state index contributed by atoms with van der Waals surface area (Å²) < 4.78 is 5.77. The Labute approximate surface area is 169 Å². The number of fused-ring (bicyclic) bond motifs is 1. The van der Waals surface area contributed by atoms with Crippen LogP contribution in [0, 0.1) is 10.1 Å². The van der Waals surface area contributed by atoms with Crippen LogP contribution in [0.1, 0.15) is 5.56 Å². The second-order valence-corrected chi connectivity index (χ2v) is 6.75. The number of nitro benzene ring substituents is 1. The van der Waals surface area contributed by atoms with E-state index in [1.54, 1.807) is 54.7 Å². The van der Waals surface area contributed by atoms with Gasteiger partial charge in [0, 0.05) is 23.4 Å². The van der Waals surface area contributed by atoms with Crippen molar-refractivity contribution in [2.75, 3.05) is 0 Å². The number of nitro groups is 1. The molecule has 0 saturated carbocycles. The lowest BCUT2D eigenvalue weighted by atomic mass is 10.2. The van der Waals surface area contributed by atoms with Gasteiger partial charge < -0.3 is 4.42 Å². The lowest BCUT2D eigenvalue weighted by Gasteiger charge is -1.99. The first kappa shape index (κ1) is 18.2. The maximum atomic E-state index is 10.9. The van der Waals surface area contributed by atoms with Gasteiger partial charge in [0.2, 0.25) is 5.89 Å². The molecular weight excluding hydrogens is 401 g/mol. The molecule has 0 spiro atoms. The topological polar surface area (TPSA) is 81.5 Å². The fourth-order valence-electron chi connectivity index (χ4n) is 2.64. The maximum Gasteiger partial charge on any atom is 0.270 e. The minimum Gasteiger partial charge on any atom is -0.436 e. The van der Waals surface area contributed by atoms with Gasteiger partial charge in [-0.2, -0.15) is 0 Å². The van der Waals surface area contributed by atoms with Gasteiger partial charge in [-0.15, -0.1) is 0 Å². The highest BCUT2D eigenvalue weighted by atomic mass is 35.5. The summed E-state index contributed by atoms with van der Waals surface area (Å²) in [6.07, 6.45) is 1.56. The summed E-state index contributed by atoms with van der Waals surface area (Å²) in [7, 11) is 0. The molecule has 0 aliphatic heterocycles. The molecule has 28 heavy (non-hydrogen) atoms. The van der Waals surface area contributed by atoms with Crippen molar-refractivity contribution < 1.29 is 9.34 Å². The van der Waals surface area contributed by atoms with Crippen molar-refractivity contribution in [1.29, 1.82) is 0 Å². The molecule has 4 aromatic rings. The minimum absolute atomic E-state index is 0.0129. The van der Waals surface area contributed by atoms with Crippen LogP contribution in [0.25, 0.3) is 22.6 Å². The summed E-state index contributed by atoms with van der Waals surface area (Å²) >= 11 is 12.2. The highest BCUT2D eigenvalue weighted by Gasteiger charge is 2.12. The molecule has 0 atom stereocenters. The number of halogens is 2. The molecule has 0 amide bonds. The van der Waals surface area contributed by atoms with Crippen molar-refractivity contribution in [3.8, 4) is 11.5 Å². The lowest BCUT2D eigenvalue weighted by Crippen LogP contribution is -1.89. The fourth-order valence-corrected chi connectivity index (χ4v) is 3.01. The smallest absolute Gasteiger partial charge is 0.270 e. The normalized spacial score (nSPS) is 11.4. The number of aromatic nitrogens is 1. The summed E-state index contributed by atoms with van der Waals surface area (Å²) in [5, 5.41) is 11.9. The first-order valence-corrected chi connectivity index (χ1v) is 8.90. The second-order valence-electron chi connectivity index (χ2n) is 5.91. The van der Waals surface area contributed by atoms with Crippen LogP contribution in [0.4, 0.5) is 11.4 Å². The Kier molecular flexibility index (Phi) is 4.81. The molecule has 6 nitrogen and oxygen atoms in total. The van der Waals surface area contributed by atoms with E-state index in [-0.39, 0.29) is 5.69 Å². The van der Waals surface area contributed by atoms with Crippen molar-refractivity contribution in [2.45, 2.75) is 0 Å². The average molecular weight is 412 g/mol. The molecule has 0 bridgehead atoms. The van der Waals surface area contributed by atoms with E-state index in [0.29, 0.717) is 43.9 Å². The van der Waals surface area contributed by atoms with Crippen molar-refractivity contribution in [2.24, 2.45) is 4.99 Å². The largest absolute Gasteiger partial charge is 0.436 e. The van der Waals surface area contributed by atoms with Gasteiger partial charge in [0.15, 0.2) is 5.58 Å². The zero-order valence-corrected chi connectivity index (χ0v) is 15.7. The molecule has 8 heteroatoms. The van der Waals surface area contributed by atoms with Gasteiger partial charge in [-0.3, -0.25) is 15.1 Å². The summed E-state index contributed by atoms with van der Waals surface area (Å²) in [5.74, 6) is 0.363. The molecule has 1 heterocycles. The average Bonchev–Trinajstić information content (AvgIpc) is 3.11. The monoisotopic (exact) mass is 411 g/mol. The molecule has 138 valence electrons. The third-order valence-electron chi connectivity index (χ3n) is 3.97. The van der Waals surface area contributed by atoms with Crippen LogP contribution in [-0.2, 0) is 0 Å². The van der Waals surface area contributed by atoms with Crippen molar-refractivity contribution in [3.63, 3.8) is 0 Å². The van der Waals surface area contributed by atoms with E-state index in [0.717, 1.165) is 0 Å². The van der Waals surface area contributed by atoms with Crippen LogP contribution in [0.15, 0.2) is 70.1 Å². The number of benzene rings is 3. The Morgan fingerprint density at radius 3 is 2.75 bits per heavy atom. The Morgan fingerprint density at radius 1 is 1.07 bits per heavy atom. The standard InChI is InChI=1S/C20H11Cl2N3O3/c21-13-4-6-17(22)16(9-13)20-24-18-10-14(5-7-19(18)28-20)23-11-12-2-1-3-15(8-12)25(26)27/h1-11H. The summed E-state index contributed by atoms with van der Waals surface area (Å²) in [5.41, 5.74) is 3.07. The van der Waals surface area contributed by atoms with Crippen LogP contribution in [0.5, 0.6) is 0 Å². The van der Waals surface area contributed by atoms with E-state index < -0.39 is 4.92 Å². The highest BCUT2D eigenvalue weighted by Crippen LogP contribution is 2.33. The molecule has 0 radical (unpaired) electrons. The molecule has 0 N–H and O–H groups in total. The minimum atomic E-state index is -0.443. The van der Waals surface area contributed by atoms with Gasteiger partial charge in [0.25, 0.3) is 5.69 Å². The van der Waals surface area contributed by atoms with Crippen molar-refractivity contribution >= 4 is 51.9 Å². The first-order valence-electron chi connectivity index (χ1n) is 8.14. The van der Waals surface area contributed by atoms with Crippen molar-refractivity contribution in [1.82, 2.24) is 4.98 Å². The van der Waals surface area contributed by atoms with Gasteiger partial charge >= 0.3 is 0 Å². The third kappa shape index (κ3) is 3.74. The predicted molar refractivity (Wildman–Crippen MR) is 110 cm³/mol. The van der Waals surface area contributed by atoms with Gasteiger partial charge in [0.05, 0.1) is 21.2 Å². The number of rotatable bonds is 4. The van der Waals surface area contributed by atoms with E-state index in [1.165, 1.54) is 12.1 Å². The SMILES string of the molecule is O=[N+]([O-])c1cccc(C=Nc2ccc3oc(-c4cc(Cl)ccc4Cl)nc3c2)c1. The van der Waals surface area contributed by atoms with Gasteiger partial charge in [0.1, 0.15) is 5.52 Å². The van der Waals surface area contributed by atoms with Gasteiger partial charge in [-0.1, -0.05) is 35.3 Å². The fraction of sp³-hybridized carbons (Fsp3) is 0.